The molecule has 2 rings (SSSR count). The Hall–Kier alpha value is -1.07. The lowest BCUT2D eigenvalue weighted by atomic mass is 10.2. The van der Waals surface area contributed by atoms with Crippen LogP contribution in [0.1, 0.15) is 12.7 Å². The number of fused-ring (bicyclic) bond motifs is 1. The average molecular weight is 270 g/mol. The third-order valence-electron chi connectivity index (χ3n) is 2.17. The molecule has 3 N–H and O–H groups in total. The third kappa shape index (κ3) is 1.85. The van der Waals surface area contributed by atoms with Gasteiger partial charge in [0.1, 0.15) is 10.4 Å². The van der Waals surface area contributed by atoms with Crippen molar-refractivity contribution in [2.75, 3.05) is 0 Å². The molecular formula is C10H12BrN3O. The Labute approximate surface area is 95.9 Å². The Bertz CT molecular complexity index is 493. The van der Waals surface area contributed by atoms with Crippen LogP contribution in [0.2, 0.25) is 0 Å². The second-order valence-corrected chi connectivity index (χ2v) is 4.36. The normalized spacial score (nSPS) is 13.3. The van der Waals surface area contributed by atoms with E-state index >= 15 is 0 Å². The van der Waals surface area contributed by atoms with Gasteiger partial charge in [0.15, 0.2) is 5.88 Å². The number of rotatable bonds is 2. The molecule has 1 atom stereocenters. The van der Waals surface area contributed by atoms with Crippen LogP contribution in [0.4, 0.5) is 0 Å². The number of aromatic nitrogens is 2. The van der Waals surface area contributed by atoms with Crippen molar-refractivity contribution < 1.29 is 5.11 Å². The fourth-order valence-corrected chi connectivity index (χ4v) is 2.09. The van der Waals surface area contributed by atoms with E-state index in [1.807, 2.05) is 13.0 Å². The summed E-state index contributed by atoms with van der Waals surface area (Å²) in [5.41, 5.74) is 6.58. The molecule has 0 spiro atoms. The fraction of sp³-hybridized carbons (Fsp3) is 0.300. The van der Waals surface area contributed by atoms with Gasteiger partial charge in [-0.2, -0.15) is 0 Å². The van der Waals surface area contributed by atoms with E-state index in [0.717, 1.165) is 15.9 Å². The van der Waals surface area contributed by atoms with E-state index in [0.29, 0.717) is 6.42 Å². The van der Waals surface area contributed by atoms with Crippen LogP contribution in [-0.2, 0) is 6.42 Å². The highest BCUT2D eigenvalue weighted by Gasteiger charge is 2.12. The lowest BCUT2D eigenvalue weighted by molar-refractivity contribution is 0.442. The number of aromatic hydroxyl groups is 1. The molecule has 0 saturated heterocycles. The van der Waals surface area contributed by atoms with E-state index < -0.39 is 0 Å². The molecule has 0 saturated carbocycles. The molecule has 0 bridgehead atoms. The molecule has 1 unspecified atom stereocenters. The van der Waals surface area contributed by atoms with Gasteiger partial charge in [-0.3, -0.25) is 4.40 Å². The van der Waals surface area contributed by atoms with Crippen LogP contribution in [-0.4, -0.2) is 20.5 Å². The molecule has 0 aliphatic carbocycles. The van der Waals surface area contributed by atoms with Gasteiger partial charge in [0.25, 0.3) is 0 Å². The molecule has 0 aromatic carbocycles. The Morgan fingerprint density at radius 3 is 3.00 bits per heavy atom. The molecule has 0 aliphatic heterocycles. The van der Waals surface area contributed by atoms with Gasteiger partial charge in [0.2, 0.25) is 0 Å². The number of imidazole rings is 1. The number of halogens is 1. The topological polar surface area (TPSA) is 63.5 Å². The zero-order valence-electron chi connectivity index (χ0n) is 8.31. The van der Waals surface area contributed by atoms with Crippen LogP contribution in [0, 0.1) is 0 Å². The first-order chi connectivity index (χ1) is 7.09. The van der Waals surface area contributed by atoms with Gasteiger partial charge < -0.3 is 10.8 Å². The molecule has 0 fully saturated rings. The lowest BCUT2D eigenvalue weighted by Gasteiger charge is -2.05. The van der Waals surface area contributed by atoms with Gasteiger partial charge >= 0.3 is 0 Å². The summed E-state index contributed by atoms with van der Waals surface area (Å²) >= 11 is 3.36. The summed E-state index contributed by atoms with van der Waals surface area (Å²) in [4.78, 5) is 4.33. The molecule has 15 heavy (non-hydrogen) atoms. The first-order valence-electron chi connectivity index (χ1n) is 4.70. The monoisotopic (exact) mass is 269 g/mol. The minimum absolute atomic E-state index is 0.0158. The van der Waals surface area contributed by atoms with Crippen LogP contribution in [0.25, 0.3) is 5.52 Å². The quantitative estimate of drug-likeness (QED) is 0.872. The predicted molar refractivity (Wildman–Crippen MR) is 61.9 cm³/mol. The van der Waals surface area contributed by atoms with E-state index in [1.54, 1.807) is 16.5 Å². The van der Waals surface area contributed by atoms with E-state index in [9.17, 15) is 5.11 Å². The number of pyridine rings is 1. The lowest BCUT2D eigenvalue weighted by Crippen LogP contribution is -2.19. The smallest absolute Gasteiger partial charge is 0.197 e. The van der Waals surface area contributed by atoms with E-state index in [4.69, 9.17) is 5.73 Å². The van der Waals surface area contributed by atoms with E-state index in [-0.39, 0.29) is 11.9 Å². The molecule has 2 heterocycles. The van der Waals surface area contributed by atoms with Crippen molar-refractivity contribution in [3.8, 4) is 5.88 Å². The van der Waals surface area contributed by atoms with Crippen molar-refractivity contribution >= 4 is 21.4 Å². The van der Waals surface area contributed by atoms with Crippen LogP contribution >= 0.6 is 15.9 Å². The Morgan fingerprint density at radius 2 is 2.33 bits per heavy atom. The first kappa shape index (κ1) is 10.4. The van der Waals surface area contributed by atoms with Crippen molar-refractivity contribution in [3.63, 3.8) is 0 Å². The standard InChI is InChI=1S/C10H12BrN3O/c1-6(12)5-8-13-10(11)7-3-2-4-9(15)14(7)8/h2-4,6,15H,5,12H2,1H3. The van der Waals surface area contributed by atoms with Crippen molar-refractivity contribution in [2.24, 2.45) is 5.73 Å². The minimum atomic E-state index is 0.0158. The summed E-state index contributed by atoms with van der Waals surface area (Å²) in [6.07, 6.45) is 0.629. The van der Waals surface area contributed by atoms with Gasteiger partial charge in [-0.15, -0.1) is 0 Å². The molecule has 5 heteroatoms. The SMILES string of the molecule is CC(N)Cc1nc(Br)c2cccc(O)n12. The zero-order chi connectivity index (χ0) is 11.0. The molecule has 0 amide bonds. The van der Waals surface area contributed by atoms with Gasteiger partial charge in [0, 0.05) is 12.5 Å². The number of nitrogens with zero attached hydrogens (tertiary/aromatic N) is 2. The Kier molecular flexibility index (Phi) is 2.67. The van der Waals surface area contributed by atoms with Gasteiger partial charge in [-0.25, -0.2) is 4.98 Å². The summed E-state index contributed by atoms with van der Waals surface area (Å²) in [6, 6.07) is 5.32. The van der Waals surface area contributed by atoms with Crippen molar-refractivity contribution in [3.05, 3.63) is 28.6 Å². The number of nitrogens with two attached hydrogens (primary N) is 1. The minimum Gasteiger partial charge on any atom is -0.494 e. The largest absolute Gasteiger partial charge is 0.494 e. The molecule has 0 radical (unpaired) electrons. The summed E-state index contributed by atoms with van der Waals surface area (Å²) in [6.45, 7) is 1.91. The predicted octanol–water partition coefficient (Wildman–Crippen LogP) is 1.69. The van der Waals surface area contributed by atoms with Gasteiger partial charge in [-0.1, -0.05) is 6.07 Å². The fourth-order valence-electron chi connectivity index (χ4n) is 1.58. The van der Waals surface area contributed by atoms with Crippen LogP contribution in [0.3, 0.4) is 0 Å². The summed E-state index contributed by atoms with van der Waals surface area (Å²) in [7, 11) is 0. The second kappa shape index (κ2) is 3.83. The van der Waals surface area contributed by atoms with E-state index in [2.05, 4.69) is 20.9 Å². The van der Waals surface area contributed by atoms with Crippen LogP contribution in [0.15, 0.2) is 22.8 Å². The first-order valence-corrected chi connectivity index (χ1v) is 5.49. The van der Waals surface area contributed by atoms with Crippen molar-refractivity contribution in [1.82, 2.24) is 9.38 Å². The number of hydrogen-bond donors (Lipinski definition) is 2. The number of hydrogen-bond acceptors (Lipinski definition) is 3. The molecule has 80 valence electrons. The highest BCUT2D eigenvalue weighted by molar-refractivity contribution is 9.10. The van der Waals surface area contributed by atoms with Gasteiger partial charge in [0.05, 0.1) is 5.52 Å². The zero-order valence-corrected chi connectivity index (χ0v) is 9.90. The Morgan fingerprint density at radius 1 is 1.60 bits per heavy atom. The maximum atomic E-state index is 9.74. The maximum Gasteiger partial charge on any atom is 0.197 e. The molecule has 2 aromatic rings. The van der Waals surface area contributed by atoms with Crippen LogP contribution in [0.5, 0.6) is 5.88 Å². The van der Waals surface area contributed by atoms with Crippen molar-refractivity contribution in [2.45, 2.75) is 19.4 Å². The second-order valence-electron chi connectivity index (χ2n) is 3.60. The van der Waals surface area contributed by atoms with E-state index in [1.165, 1.54) is 0 Å². The molecule has 4 nitrogen and oxygen atoms in total. The third-order valence-corrected chi connectivity index (χ3v) is 2.75. The van der Waals surface area contributed by atoms with Crippen LogP contribution < -0.4 is 5.73 Å². The average Bonchev–Trinajstić information content (AvgIpc) is 2.44. The molecular weight excluding hydrogens is 258 g/mol. The highest BCUT2D eigenvalue weighted by atomic mass is 79.9. The van der Waals surface area contributed by atoms with Gasteiger partial charge in [-0.05, 0) is 35.0 Å². The molecule has 0 aliphatic rings. The highest BCUT2D eigenvalue weighted by Crippen LogP contribution is 2.24. The summed E-state index contributed by atoms with van der Waals surface area (Å²) in [5, 5.41) is 9.74. The summed E-state index contributed by atoms with van der Waals surface area (Å²) in [5.74, 6) is 0.950. The maximum absolute atomic E-state index is 9.74. The molecule has 2 aromatic heterocycles. The summed E-state index contributed by atoms with van der Waals surface area (Å²) < 4.78 is 2.43. The Balaban J connectivity index is 2.65. The van der Waals surface area contributed by atoms with Crippen molar-refractivity contribution in [1.29, 1.82) is 0 Å².